The van der Waals surface area contributed by atoms with Gasteiger partial charge in [0, 0.05) is 4.88 Å². The quantitative estimate of drug-likeness (QED) is 0.760. The van der Waals surface area contributed by atoms with Gasteiger partial charge in [0.05, 0.1) is 15.4 Å². The molecule has 0 bridgehead atoms. The van der Waals surface area contributed by atoms with Crippen molar-refractivity contribution in [2.45, 2.75) is 6.92 Å². The summed E-state index contributed by atoms with van der Waals surface area (Å²) in [7, 11) is 0. The van der Waals surface area contributed by atoms with Gasteiger partial charge in [-0.2, -0.15) is 5.26 Å². The summed E-state index contributed by atoms with van der Waals surface area (Å²) in [6.45, 7) is 2.08. The third-order valence-electron chi connectivity index (χ3n) is 2.16. The molecule has 0 spiro atoms. The monoisotopic (exact) mass is 277 g/mol. The van der Waals surface area contributed by atoms with Crippen molar-refractivity contribution in [1.29, 1.82) is 5.26 Å². The Labute approximate surface area is 101 Å². The highest BCUT2D eigenvalue weighted by Crippen LogP contribution is 2.34. The van der Waals surface area contributed by atoms with Crippen LogP contribution < -0.4 is 0 Å². The molecule has 1 nitrogen and oxygen atoms in total. The Balaban J connectivity index is 2.42. The zero-order chi connectivity index (χ0) is 10.8. The van der Waals surface area contributed by atoms with Gasteiger partial charge in [-0.3, -0.25) is 0 Å². The summed E-state index contributed by atoms with van der Waals surface area (Å²) in [6, 6.07) is 11.9. The van der Waals surface area contributed by atoms with Crippen LogP contribution in [0.5, 0.6) is 0 Å². The minimum absolute atomic E-state index is 0.700. The van der Waals surface area contributed by atoms with Gasteiger partial charge >= 0.3 is 0 Å². The van der Waals surface area contributed by atoms with Crippen molar-refractivity contribution >= 4 is 27.3 Å². The second-order valence-electron chi connectivity index (χ2n) is 3.26. The molecule has 0 fully saturated rings. The lowest BCUT2D eigenvalue weighted by Gasteiger charge is -1.95. The Hall–Kier alpha value is -1.11. The fraction of sp³-hybridized carbons (Fsp3) is 0.0833. The van der Waals surface area contributed by atoms with E-state index in [-0.39, 0.29) is 0 Å². The maximum atomic E-state index is 8.69. The van der Waals surface area contributed by atoms with Crippen LogP contribution in [0.1, 0.15) is 11.1 Å². The summed E-state index contributed by atoms with van der Waals surface area (Å²) in [5.41, 5.74) is 3.11. The fourth-order valence-electron chi connectivity index (χ4n) is 1.31. The molecule has 2 rings (SSSR count). The van der Waals surface area contributed by atoms with Crippen molar-refractivity contribution in [2.75, 3.05) is 0 Å². The molecule has 1 aromatic carbocycles. The molecule has 1 heterocycles. The Morgan fingerprint density at radius 1 is 1.27 bits per heavy atom. The lowest BCUT2D eigenvalue weighted by Crippen LogP contribution is -1.74. The summed E-state index contributed by atoms with van der Waals surface area (Å²) in [6.07, 6.45) is 0. The normalized spacial score (nSPS) is 9.93. The van der Waals surface area contributed by atoms with Crippen molar-refractivity contribution in [1.82, 2.24) is 0 Å². The van der Waals surface area contributed by atoms with Gasteiger partial charge in [-0.25, -0.2) is 0 Å². The highest BCUT2D eigenvalue weighted by molar-refractivity contribution is 9.11. The number of hydrogen-bond acceptors (Lipinski definition) is 2. The predicted octanol–water partition coefficient (Wildman–Crippen LogP) is 4.36. The van der Waals surface area contributed by atoms with Gasteiger partial charge in [0.25, 0.3) is 0 Å². The summed E-state index contributed by atoms with van der Waals surface area (Å²) in [5, 5.41) is 8.69. The minimum Gasteiger partial charge on any atom is -0.192 e. The van der Waals surface area contributed by atoms with E-state index < -0.39 is 0 Å². The molecule has 0 unspecified atom stereocenters. The van der Waals surface area contributed by atoms with Gasteiger partial charge in [-0.15, -0.1) is 11.3 Å². The van der Waals surface area contributed by atoms with Crippen LogP contribution in [0.25, 0.3) is 10.4 Å². The van der Waals surface area contributed by atoms with Crippen molar-refractivity contribution < 1.29 is 0 Å². The minimum atomic E-state index is 0.700. The molecule has 0 aliphatic rings. The molecule has 2 aromatic rings. The van der Waals surface area contributed by atoms with Crippen LogP contribution in [-0.4, -0.2) is 0 Å². The second-order valence-corrected chi connectivity index (χ2v) is 5.63. The van der Waals surface area contributed by atoms with E-state index in [4.69, 9.17) is 5.26 Å². The van der Waals surface area contributed by atoms with Crippen LogP contribution in [-0.2, 0) is 0 Å². The Kier molecular flexibility index (Phi) is 2.90. The summed E-state index contributed by atoms with van der Waals surface area (Å²) < 4.78 is 1.17. The van der Waals surface area contributed by atoms with Gasteiger partial charge < -0.3 is 0 Å². The number of thiophene rings is 1. The summed E-state index contributed by atoms with van der Waals surface area (Å²) in [4.78, 5) is 1.23. The standard InChI is InChI=1S/C12H8BrNS/c1-8-6-11(15-12(8)13)10-4-2-9(7-14)3-5-10/h2-6H,1H3. The molecule has 0 radical (unpaired) electrons. The Morgan fingerprint density at radius 3 is 2.40 bits per heavy atom. The topological polar surface area (TPSA) is 23.8 Å². The number of halogens is 1. The average Bonchev–Trinajstić information content (AvgIpc) is 2.59. The highest BCUT2D eigenvalue weighted by Gasteiger charge is 2.04. The molecule has 1 aromatic heterocycles. The van der Waals surface area contributed by atoms with Gasteiger partial charge in [0.15, 0.2) is 0 Å². The zero-order valence-corrected chi connectivity index (χ0v) is 10.5. The smallest absolute Gasteiger partial charge is 0.0991 e. The average molecular weight is 278 g/mol. The molecule has 0 saturated heterocycles. The van der Waals surface area contributed by atoms with Gasteiger partial charge in [0.1, 0.15) is 0 Å². The van der Waals surface area contributed by atoms with E-state index in [1.807, 2.05) is 24.3 Å². The third-order valence-corrected chi connectivity index (χ3v) is 4.34. The Morgan fingerprint density at radius 2 is 1.93 bits per heavy atom. The number of aryl methyl sites for hydroxylation is 1. The molecular formula is C12H8BrNS. The molecule has 0 N–H and O–H groups in total. The van der Waals surface area contributed by atoms with Gasteiger partial charge in [-0.05, 0) is 52.2 Å². The molecule has 0 aliphatic carbocycles. The molecule has 3 heteroatoms. The molecule has 15 heavy (non-hydrogen) atoms. The van der Waals surface area contributed by atoms with E-state index in [0.29, 0.717) is 5.56 Å². The number of nitriles is 1. The van der Waals surface area contributed by atoms with Gasteiger partial charge in [0.2, 0.25) is 0 Å². The first-order valence-electron chi connectivity index (χ1n) is 4.47. The van der Waals surface area contributed by atoms with Crippen molar-refractivity contribution in [2.24, 2.45) is 0 Å². The first-order valence-corrected chi connectivity index (χ1v) is 6.08. The van der Waals surface area contributed by atoms with Crippen LogP contribution >= 0.6 is 27.3 Å². The number of benzene rings is 1. The van der Waals surface area contributed by atoms with Crippen LogP contribution in [0.3, 0.4) is 0 Å². The predicted molar refractivity (Wildman–Crippen MR) is 66.9 cm³/mol. The lowest BCUT2D eigenvalue weighted by atomic mass is 10.1. The van der Waals surface area contributed by atoms with Crippen molar-refractivity contribution in [3.05, 3.63) is 45.2 Å². The molecule has 0 aliphatic heterocycles. The van der Waals surface area contributed by atoms with E-state index in [1.54, 1.807) is 11.3 Å². The largest absolute Gasteiger partial charge is 0.192 e. The molecule has 74 valence electrons. The number of hydrogen-bond donors (Lipinski definition) is 0. The molecule has 0 amide bonds. The SMILES string of the molecule is Cc1cc(-c2ccc(C#N)cc2)sc1Br. The van der Waals surface area contributed by atoms with Crippen molar-refractivity contribution in [3.63, 3.8) is 0 Å². The fourth-order valence-corrected chi connectivity index (χ4v) is 2.85. The lowest BCUT2D eigenvalue weighted by molar-refractivity contribution is 1.48. The summed E-state index contributed by atoms with van der Waals surface area (Å²) >= 11 is 5.22. The highest BCUT2D eigenvalue weighted by atomic mass is 79.9. The maximum absolute atomic E-state index is 8.69. The van der Waals surface area contributed by atoms with E-state index >= 15 is 0 Å². The molecular weight excluding hydrogens is 270 g/mol. The van der Waals surface area contributed by atoms with E-state index in [2.05, 4.69) is 35.0 Å². The molecule has 0 saturated carbocycles. The number of rotatable bonds is 1. The first kappa shape index (κ1) is 10.4. The Bertz CT molecular complexity index is 500. The van der Waals surface area contributed by atoms with Crippen LogP contribution in [0, 0.1) is 18.3 Å². The van der Waals surface area contributed by atoms with E-state index in [0.717, 1.165) is 5.56 Å². The zero-order valence-electron chi connectivity index (χ0n) is 8.12. The molecule has 0 atom stereocenters. The van der Waals surface area contributed by atoms with E-state index in [9.17, 15) is 0 Å². The van der Waals surface area contributed by atoms with Crippen LogP contribution in [0.4, 0.5) is 0 Å². The maximum Gasteiger partial charge on any atom is 0.0991 e. The first-order chi connectivity index (χ1) is 7.20. The summed E-state index contributed by atoms with van der Waals surface area (Å²) in [5.74, 6) is 0. The van der Waals surface area contributed by atoms with Crippen LogP contribution in [0.15, 0.2) is 34.1 Å². The third kappa shape index (κ3) is 2.11. The number of nitrogens with zero attached hydrogens (tertiary/aromatic N) is 1. The van der Waals surface area contributed by atoms with Crippen LogP contribution in [0.2, 0.25) is 0 Å². The van der Waals surface area contributed by atoms with Gasteiger partial charge in [-0.1, -0.05) is 12.1 Å². The van der Waals surface area contributed by atoms with Crippen molar-refractivity contribution in [3.8, 4) is 16.5 Å². The second kappa shape index (κ2) is 4.18. The van der Waals surface area contributed by atoms with E-state index in [1.165, 1.54) is 14.2 Å².